The molecule has 11 heteroatoms. The largest absolute Gasteiger partial charge is 0.494 e. The molecule has 0 aliphatic rings. The molecule has 4 aromatic rings. The van der Waals surface area contributed by atoms with E-state index in [1.165, 1.54) is 34.9 Å². The second-order valence-corrected chi connectivity index (χ2v) is 14.3. The molecule has 1 atom stereocenters. The molecule has 0 saturated heterocycles. The summed E-state index contributed by atoms with van der Waals surface area (Å²) in [4.78, 5) is 30.6. The van der Waals surface area contributed by atoms with Gasteiger partial charge < -0.3 is 15.0 Å². The number of halogens is 1. The van der Waals surface area contributed by atoms with Crippen LogP contribution in [0.1, 0.15) is 31.9 Å². The Morgan fingerprint density at radius 1 is 0.896 bits per heavy atom. The summed E-state index contributed by atoms with van der Waals surface area (Å²) in [5, 5.41) is 2.93. The Balaban J connectivity index is 1.81. The van der Waals surface area contributed by atoms with Gasteiger partial charge in [0, 0.05) is 30.0 Å². The molecule has 0 bridgehead atoms. The molecule has 0 aliphatic heterocycles. The number of carbonyl (C=O) groups is 2. The first-order valence-corrected chi connectivity index (χ1v) is 18.4. The maximum Gasteiger partial charge on any atom is 0.264 e. The van der Waals surface area contributed by atoms with Crippen molar-refractivity contribution in [2.45, 2.75) is 49.6 Å². The Hall–Kier alpha value is -4.35. The number of nitrogens with one attached hydrogen (secondary N) is 1. The van der Waals surface area contributed by atoms with E-state index in [0.717, 1.165) is 14.8 Å². The summed E-state index contributed by atoms with van der Waals surface area (Å²) in [7, 11) is -4.28. The first-order valence-electron chi connectivity index (χ1n) is 15.8. The van der Waals surface area contributed by atoms with Gasteiger partial charge in [0.05, 0.1) is 17.2 Å². The summed E-state index contributed by atoms with van der Waals surface area (Å²) >= 11 is 1.48. The van der Waals surface area contributed by atoms with E-state index >= 15 is 4.39 Å². The number of anilines is 1. The molecule has 0 fully saturated rings. The minimum absolute atomic E-state index is 0.00171. The van der Waals surface area contributed by atoms with Crippen molar-refractivity contribution in [3.63, 3.8) is 0 Å². The summed E-state index contributed by atoms with van der Waals surface area (Å²) in [6.07, 6.45) is 2.03. The molecule has 0 aliphatic carbocycles. The molecule has 0 saturated carbocycles. The third kappa shape index (κ3) is 9.60. The Labute approximate surface area is 287 Å². The minimum atomic E-state index is -4.28. The van der Waals surface area contributed by atoms with Crippen molar-refractivity contribution in [3.8, 4) is 5.75 Å². The van der Waals surface area contributed by atoms with Gasteiger partial charge in [-0.3, -0.25) is 13.9 Å². The number of rotatable bonds is 16. The van der Waals surface area contributed by atoms with E-state index in [1.54, 1.807) is 54.6 Å². The lowest BCUT2D eigenvalue weighted by Crippen LogP contribution is -2.53. The van der Waals surface area contributed by atoms with Gasteiger partial charge in [0.1, 0.15) is 24.2 Å². The molecule has 0 unspecified atom stereocenters. The SMILES string of the molecule is CCOc1ccc(N(CC(=O)N(Cc2ccccc2F)[C@@H](Cc2ccccc2)C(=O)NCC(C)C)S(=O)(=O)c2ccc(SC)cc2)cc1. The van der Waals surface area contributed by atoms with E-state index in [9.17, 15) is 18.0 Å². The van der Waals surface area contributed by atoms with Crippen LogP contribution in [-0.4, -0.2) is 57.1 Å². The fraction of sp³-hybridized carbons (Fsp3) is 0.297. The number of amides is 2. The van der Waals surface area contributed by atoms with Crippen LogP contribution in [0.15, 0.2) is 113 Å². The molecule has 254 valence electrons. The third-order valence-corrected chi connectivity index (χ3v) is 10.1. The third-order valence-electron chi connectivity index (χ3n) is 7.62. The van der Waals surface area contributed by atoms with Crippen LogP contribution in [0.5, 0.6) is 5.75 Å². The van der Waals surface area contributed by atoms with Crippen LogP contribution in [0.25, 0.3) is 0 Å². The van der Waals surface area contributed by atoms with E-state index < -0.39 is 40.2 Å². The second kappa shape index (κ2) is 17.2. The van der Waals surface area contributed by atoms with Crippen LogP contribution < -0.4 is 14.4 Å². The van der Waals surface area contributed by atoms with Gasteiger partial charge >= 0.3 is 0 Å². The van der Waals surface area contributed by atoms with Gasteiger partial charge in [-0.2, -0.15) is 0 Å². The highest BCUT2D eigenvalue weighted by Crippen LogP contribution is 2.28. The van der Waals surface area contributed by atoms with Gasteiger partial charge in [-0.15, -0.1) is 11.8 Å². The normalized spacial score (nSPS) is 12.0. The molecule has 0 heterocycles. The molecular weight excluding hydrogens is 650 g/mol. The first-order chi connectivity index (χ1) is 23.0. The predicted octanol–water partition coefficient (Wildman–Crippen LogP) is 6.55. The molecule has 2 amide bonds. The average Bonchev–Trinajstić information content (AvgIpc) is 3.09. The maximum atomic E-state index is 15.1. The molecule has 48 heavy (non-hydrogen) atoms. The molecule has 1 N–H and O–H groups in total. The summed E-state index contributed by atoms with van der Waals surface area (Å²) in [6.45, 7) is 5.66. The number of ether oxygens (including phenoxy) is 1. The highest BCUT2D eigenvalue weighted by atomic mass is 32.2. The van der Waals surface area contributed by atoms with Crippen molar-refractivity contribution in [3.05, 3.63) is 120 Å². The molecule has 0 aromatic heterocycles. The number of hydrogen-bond acceptors (Lipinski definition) is 6. The van der Waals surface area contributed by atoms with E-state index in [0.29, 0.717) is 18.9 Å². The van der Waals surface area contributed by atoms with Gasteiger partial charge in [0.15, 0.2) is 0 Å². The van der Waals surface area contributed by atoms with E-state index in [-0.39, 0.29) is 35.0 Å². The highest BCUT2D eigenvalue weighted by molar-refractivity contribution is 7.98. The lowest BCUT2D eigenvalue weighted by atomic mass is 10.0. The van der Waals surface area contributed by atoms with Gasteiger partial charge in [0.25, 0.3) is 10.0 Å². The number of thioether (sulfide) groups is 1. The molecule has 8 nitrogen and oxygen atoms in total. The lowest BCUT2D eigenvalue weighted by molar-refractivity contribution is -0.140. The van der Waals surface area contributed by atoms with Crippen molar-refractivity contribution in [1.29, 1.82) is 0 Å². The van der Waals surface area contributed by atoms with Crippen LogP contribution in [0.3, 0.4) is 0 Å². The standard InChI is InChI=1S/C37H42FN3O5S2/c1-5-46-31-17-15-30(16-18-31)41(48(44,45)33-21-19-32(47-4)20-22-33)26-36(42)40(25-29-13-9-10-14-34(29)38)35(37(43)39-24-27(2)3)23-28-11-7-6-8-12-28/h6-22,27,35H,5,23-26H2,1-4H3,(H,39,43)/t35-/m0/s1. The summed E-state index contributed by atoms with van der Waals surface area (Å²) in [5.41, 5.74) is 1.22. The Morgan fingerprint density at radius 3 is 2.15 bits per heavy atom. The van der Waals surface area contributed by atoms with E-state index in [1.807, 2.05) is 57.4 Å². The number of hydrogen-bond donors (Lipinski definition) is 1. The van der Waals surface area contributed by atoms with E-state index in [4.69, 9.17) is 4.74 Å². The van der Waals surface area contributed by atoms with Crippen LogP contribution >= 0.6 is 11.8 Å². The molecular formula is C37H42FN3O5S2. The fourth-order valence-electron chi connectivity index (χ4n) is 5.07. The molecule has 0 spiro atoms. The van der Waals surface area contributed by atoms with Crippen LogP contribution in [-0.2, 0) is 32.6 Å². The Bertz CT molecular complexity index is 1750. The van der Waals surface area contributed by atoms with Crippen LogP contribution in [0.4, 0.5) is 10.1 Å². The van der Waals surface area contributed by atoms with E-state index in [2.05, 4.69) is 5.32 Å². The minimum Gasteiger partial charge on any atom is -0.494 e. The zero-order valence-corrected chi connectivity index (χ0v) is 29.3. The van der Waals surface area contributed by atoms with Gasteiger partial charge in [-0.25, -0.2) is 12.8 Å². The lowest BCUT2D eigenvalue weighted by Gasteiger charge is -2.34. The summed E-state index contributed by atoms with van der Waals surface area (Å²) < 4.78 is 50.2. The number of sulfonamides is 1. The smallest absolute Gasteiger partial charge is 0.264 e. The number of nitrogens with zero attached hydrogens (tertiary/aromatic N) is 2. The second-order valence-electron chi connectivity index (χ2n) is 11.6. The summed E-state index contributed by atoms with van der Waals surface area (Å²) in [5.74, 6) is -0.946. The number of carbonyl (C=O) groups excluding carboxylic acids is 2. The number of benzene rings is 4. The van der Waals surface area contributed by atoms with Gasteiger partial charge in [-0.1, -0.05) is 62.4 Å². The van der Waals surface area contributed by atoms with Crippen molar-refractivity contribution in [2.75, 3.05) is 30.3 Å². The van der Waals surface area contributed by atoms with Crippen molar-refractivity contribution in [2.24, 2.45) is 5.92 Å². The Kier molecular flexibility index (Phi) is 13.0. The zero-order valence-electron chi connectivity index (χ0n) is 27.6. The summed E-state index contributed by atoms with van der Waals surface area (Å²) in [6, 6.07) is 27.0. The van der Waals surface area contributed by atoms with Crippen molar-refractivity contribution in [1.82, 2.24) is 10.2 Å². The first kappa shape index (κ1) is 36.5. The van der Waals surface area contributed by atoms with Crippen LogP contribution in [0, 0.1) is 11.7 Å². The molecule has 0 radical (unpaired) electrons. The Morgan fingerprint density at radius 2 is 1.54 bits per heavy atom. The molecule has 4 rings (SSSR count). The fourth-order valence-corrected chi connectivity index (χ4v) is 6.89. The topological polar surface area (TPSA) is 96.0 Å². The predicted molar refractivity (Wildman–Crippen MR) is 189 cm³/mol. The monoisotopic (exact) mass is 691 g/mol. The average molecular weight is 692 g/mol. The maximum absolute atomic E-state index is 15.1. The quantitative estimate of drug-likeness (QED) is 0.134. The van der Waals surface area contributed by atoms with Crippen molar-refractivity contribution >= 4 is 39.3 Å². The van der Waals surface area contributed by atoms with Gasteiger partial charge in [-0.05, 0) is 79.3 Å². The zero-order chi connectivity index (χ0) is 34.7. The van der Waals surface area contributed by atoms with Crippen LogP contribution in [0.2, 0.25) is 0 Å². The van der Waals surface area contributed by atoms with Gasteiger partial charge in [0.2, 0.25) is 11.8 Å². The molecule has 4 aromatic carbocycles. The highest BCUT2D eigenvalue weighted by Gasteiger charge is 2.35. The van der Waals surface area contributed by atoms with Crippen molar-refractivity contribution < 1.29 is 27.1 Å².